The first-order chi connectivity index (χ1) is 9.70. The Morgan fingerprint density at radius 3 is 2.25 bits per heavy atom. The van der Waals surface area contributed by atoms with Crippen molar-refractivity contribution in [3.63, 3.8) is 0 Å². The van der Waals surface area contributed by atoms with Gasteiger partial charge in [0.1, 0.15) is 0 Å². The number of benzene rings is 2. The minimum atomic E-state index is 0.00796. The van der Waals surface area contributed by atoms with Crippen molar-refractivity contribution in [3.8, 4) is 0 Å². The molecule has 3 N–H and O–H groups in total. The second-order valence-corrected chi connectivity index (χ2v) is 6.01. The summed E-state index contributed by atoms with van der Waals surface area (Å²) in [6, 6.07) is 14.2. The van der Waals surface area contributed by atoms with Gasteiger partial charge in [0, 0.05) is 0 Å². The third-order valence-electron chi connectivity index (χ3n) is 4.05. The number of hydrogen-bond acceptors (Lipinski definition) is 2. The number of fused-ring (bicyclic) bond motifs is 1. The van der Waals surface area contributed by atoms with Gasteiger partial charge in [0.25, 0.3) is 0 Å². The monoisotopic (exact) mass is 306 g/mol. The molecule has 20 heavy (non-hydrogen) atoms. The van der Waals surface area contributed by atoms with Gasteiger partial charge in [-0.15, -0.1) is 0 Å². The lowest BCUT2D eigenvalue weighted by molar-refractivity contribution is 0.380. The van der Waals surface area contributed by atoms with Gasteiger partial charge in [-0.25, -0.2) is 0 Å². The van der Waals surface area contributed by atoms with E-state index in [-0.39, 0.29) is 6.04 Å². The second-order valence-electron chi connectivity index (χ2n) is 5.22. The molecule has 0 aliphatic heterocycles. The lowest BCUT2D eigenvalue weighted by Gasteiger charge is -2.24. The van der Waals surface area contributed by atoms with Crippen molar-refractivity contribution >= 4 is 23.2 Å². The Bertz CT molecular complexity index is 603. The van der Waals surface area contributed by atoms with Gasteiger partial charge in [-0.2, -0.15) is 0 Å². The van der Waals surface area contributed by atoms with Crippen LogP contribution in [-0.4, -0.2) is 0 Å². The Morgan fingerprint density at radius 2 is 1.65 bits per heavy atom. The number of hydrazine groups is 1. The smallest absolute Gasteiger partial charge is 0.0640 e. The minimum absolute atomic E-state index is 0.00796. The Labute approximate surface area is 128 Å². The molecule has 0 spiro atoms. The Balaban J connectivity index is 1.91. The fraction of sp³-hybridized carbons (Fsp3) is 0.250. The fourth-order valence-corrected chi connectivity index (χ4v) is 3.49. The van der Waals surface area contributed by atoms with E-state index in [9.17, 15) is 0 Å². The summed E-state index contributed by atoms with van der Waals surface area (Å²) in [5.41, 5.74) is 6.69. The summed E-state index contributed by atoms with van der Waals surface area (Å²) in [5, 5.41) is 1.16. The molecule has 0 heterocycles. The Kier molecular flexibility index (Phi) is 3.99. The van der Waals surface area contributed by atoms with E-state index < -0.39 is 0 Å². The van der Waals surface area contributed by atoms with Crippen LogP contribution < -0.4 is 11.3 Å². The summed E-state index contributed by atoms with van der Waals surface area (Å²) in [6.07, 6.45) is 2.02. The molecule has 4 heteroatoms. The van der Waals surface area contributed by atoms with Gasteiger partial charge in [0.2, 0.25) is 0 Å². The molecule has 2 aromatic rings. The van der Waals surface area contributed by atoms with E-state index in [0.717, 1.165) is 18.4 Å². The van der Waals surface area contributed by atoms with Gasteiger partial charge in [0.05, 0.1) is 16.1 Å². The standard InChI is InChI=1S/C16H16Cl2N2/c17-14-7-3-6-13(15(14)18)16(20-19)12-8-10-4-1-2-5-11(10)9-12/h1-7,12,16,20H,8-9,19H2. The number of nitrogens with one attached hydrogen (secondary N) is 1. The Morgan fingerprint density at radius 1 is 1.00 bits per heavy atom. The van der Waals surface area contributed by atoms with E-state index in [1.165, 1.54) is 11.1 Å². The van der Waals surface area contributed by atoms with Gasteiger partial charge in [-0.1, -0.05) is 59.6 Å². The average molecular weight is 307 g/mol. The molecule has 0 bridgehead atoms. The molecule has 1 aliphatic rings. The van der Waals surface area contributed by atoms with Gasteiger partial charge in [0.15, 0.2) is 0 Å². The summed E-state index contributed by atoms with van der Waals surface area (Å²) in [4.78, 5) is 0. The van der Waals surface area contributed by atoms with E-state index >= 15 is 0 Å². The van der Waals surface area contributed by atoms with E-state index in [0.29, 0.717) is 16.0 Å². The molecule has 1 unspecified atom stereocenters. The number of nitrogens with two attached hydrogens (primary N) is 1. The van der Waals surface area contributed by atoms with Crippen molar-refractivity contribution in [1.29, 1.82) is 0 Å². The van der Waals surface area contributed by atoms with Crippen LogP contribution in [0.3, 0.4) is 0 Å². The van der Waals surface area contributed by atoms with Crippen LogP contribution in [0.25, 0.3) is 0 Å². The topological polar surface area (TPSA) is 38.0 Å². The Hall–Kier alpha value is -1.06. The number of hydrogen-bond donors (Lipinski definition) is 2. The molecular formula is C16H16Cl2N2. The maximum atomic E-state index is 6.33. The second kappa shape index (κ2) is 5.74. The highest BCUT2D eigenvalue weighted by Crippen LogP contribution is 2.38. The molecule has 0 amide bonds. The van der Waals surface area contributed by atoms with Crippen molar-refractivity contribution < 1.29 is 0 Å². The van der Waals surface area contributed by atoms with Crippen molar-refractivity contribution in [2.45, 2.75) is 18.9 Å². The van der Waals surface area contributed by atoms with Gasteiger partial charge < -0.3 is 0 Å². The van der Waals surface area contributed by atoms with E-state index in [1.54, 1.807) is 6.07 Å². The molecule has 104 valence electrons. The van der Waals surface area contributed by atoms with Crippen LogP contribution in [0.15, 0.2) is 42.5 Å². The zero-order valence-electron chi connectivity index (χ0n) is 10.9. The quantitative estimate of drug-likeness (QED) is 0.666. The van der Waals surface area contributed by atoms with E-state index in [2.05, 4.69) is 29.7 Å². The van der Waals surface area contributed by atoms with Crippen molar-refractivity contribution in [3.05, 3.63) is 69.2 Å². The minimum Gasteiger partial charge on any atom is -0.271 e. The molecule has 1 atom stereocenters. The first-order valence-electron chi connectivity index (χ1n) is 6.67. The highest BCUT2D eigenvalue weighted by atomic mass is 35.5. The van der Waals surface area contributed by atoms with Crippen LogP contribution in [0, 0.1) is 5.92 Å². The molecule has 0 saturated carbocycles. The zero-order valence-corrected chi connectivity index (χ0v) is 12.5. The van der Waals surface area contributed by atoms with Crippen LogP contribution in [-0.2, 0) is 12.8 Å². The molecule has 0 saturated heterocycles. The molecule has 3 rings (SSSR count). The maximum Gasteiger partial charge on any atom is 0.0640 e. The van der Waals surface area contributed by atoms with Crippen molar-refractivity contribution in [2.75, 3.05) is 0 Å². The highest BCUT2D eigenvalue weighted by Gasteiger charge is 2.30. The lowest BCUT2D eigenvalue weighted by Crippen LogP contribution is -2.34. The van der Waals surface area contributed by atoms with Crippen molar-refractivity contribution in [1.82, 2.24) is 5.43 Å². The fourth-order valence-electron chi connectivity index (χ4n) is 3.07. The number of rotatable bonds is 3. The third-order valence-corrected chi connectivity index (χ3v) is 4.88. The average Bonchev–Trinajstić information content (AvgIpc) is 2.87. The molecule has 2 aromatic carbocycles. The summed E-state index contributed by atoms with van der Waals surface area (Å²) < 4.78 is 0. The molecule has 0 aromatic heterocycles. The molecule has 2 nitrogen and oxygen atoms in total. The predicted octanol–water partition coefficient (Wildman–Crippen LogP) is 3.91. The maximum absolute atomic E-state index is 6.33. The first-order valence-corrected chi connectivity index (χ1v) is 7.43. The van der Waals surface area contributed by atoms with Crippen LogP contribution in [0.2, 0.25) is 10.0 Å². The zero-order chi connectivity index (χ0) is 14.1. The summed E-state index contributed by atoms with van der Waals surface area (Å²) in [7, 11) is 0. The molecular weight excluding hydrogens is 291 g/mol. The highest BCUT2D eigenvalue weighted by molar-refractivity contribution is 6.42. The molecule has 0 radical (unpaired) electrons. The number of halogens is 2. The summed E-state index contributed by atoms with van der Waals surface area (Å²) in [5.74, 6) is 6.18. The largest absolute Gasteiger partial charge is 0.271 e. The third kappa shape index (κ3) is 2.45. The van der Waals surface area contributed by atoms with Gasteiger partial charge in [-0.05, 0) is 41.5 Å². The van der Waals surface area contributed by atoms with Crippen LogP contribution in [0.4, 0.5) is 0 Å². The molecule has 0 fully saturated rings. The van der Waals surface area contributed by atoms with Crippen LogP contribution >= 0.6 is 23.2 Å². The summed E-state index contributed by atoms with van der Waals surface area (Å²) >= 11 is 12.4. The SMILES string of the molecule is NNC(c1cccc(Cl)c1Cl)C1Cc2ccccc2C1. The van der Waals surface area contributed by atoms with Crippen LogP contribution in [0.1, 0.15) is 22.7 Å². The van der Waals surface area contributed by atoms with E-state index in [1.807, 2.05) is 12.1 Å². The predicted molar refractivity (Wildman–Crippen MR) is 83.9 cm³/mol. The summed E-state index contributed by atoms with van der Waals surface area (Å²) in [6.45, 7) is 0. The first kappa shape index (κ1) is 13.9. The van der Waals surface area contributed by atoms with Crippen molar-refractivity contribution in [2.24, 2.45) is 11.8 Å². The van der Waals surface area contributed by atoms with E-state index in [4.69, 9.17) is 29.0 Å². The van der Waals surface area contributed by atoms with Crippen LogP contribution in [0.5, 0.6) is 0 Å². The lowest BCUT2D eigenvalue weighted by atomic mass is 9.91. The van der Waals surface area contributed by atoms with Gasteiger partial charge in [-0.3, -0.25) is 11.3 Å². The molecule has 1 aliphatic carbocycles. The normalized spacial score (nSPS) is 16.1. The van der Waals surface area contributed by atoms with Gasteiger partial charge >= 0.3 is 0 Å².